The molecule has 0 aliphatic carbocycles. The number of rotatable bonds is 4. The van der Waals surface area contributed by atoms with Gasteiger partial charge in [0, 0.05) is 58.6 Å². The van der Waals surface area contributed by atoms with Gasteiger partial charge in [-0.25, -0.2) is 4.98 Å². The molecule has 178 valence electrons. The van der Waals surface area contributed by atoms with Gasteiger partial charge in [-0.2, -0.15) is 5.26 Å². The Labute approximate surface area is 204 Å². The molecule has 2 fully saturated rings. The van der Waals surface area contributed by atoms with Crippen molar-refractivity contribution in [2.24, 2.45) is 0 Å². The second-order valence-corrected chi connectivity index (χ2v) is 9.18. The van der Waals surface area contributed by atoms with E-state index in [1.165, 1.54) is 4.90 Å². The molecule has 0 spiro atoms. The van der Waals surface area contributed by atoms with Crippen LogP contribution in [0.4, 0.5) is 5.82 Å². The summed E-state index contributed by atoms with van der Waals surface area (Å²) < 4.78 is 5.65. The summed E-state index contributed by atoms with van der Waals surface area (Å²) in [5.41, 5.74) is 2.40. The van der Waals surface area contributed by atoms with Crippen LogP contribution < -0.4 is 4.90 Å². The summed E-state index contributed by atoms with van der Waals surface area (Å²) in [4.78, 5) is 34.9. The lowest BCUT2D eigenvalue weighted by molar-refractivity contribution is -0.146. The van der Waals surface area contributed by atoms with E-state index in [1.54, 1.807) is 44.6 Å². The summed E-state index contributed by atoms with van der Waals surface area (Å²) >= 11 is 6.36. The van der Waals surface area contributed by atoms with Crippen LogP contribution in [-0.4, -0.2) is 79.6 Å². The van der Waals surface area contributed by atoms with Crippen molar-refractivity contribution in [2.75, 3.05) is 51.8 Å². The van der Waals surface area contributed by atoms with Gasteiger partial charge in [0.05, 0.1) is 16.1 Å². The van der Waals surface area contributed by atoms with Gasteiger partial charge in [0.15, 0.2) is 0 Å². The van der Waals surface area contributed by atoms with Gasteiger partial charge >= 0.3 is 0 Å². The molecular weight excluding hydrogens is 454 g/mol. The number of aromatic nitrogens is 1. The van der Waals surface area contributed by atoms with E-state index in [-0.39, 0.29) is 17.9 Å². The predicted molar refractivity (Wildman–Crippen MR) is 130 cm³/mol. The standard InChI is InChI=1S/C25H28ClN5O3/c1-29(2)24(32)20-7-6-17(14-21(20)26)19-13-18(15-27)23(28-16-19)30-8-10-31(11-9-30)25(33)22-5-3-4-12-34-22/h6-7,13-14,16,22H,3-5,8-12H2,1-2H3. The second kappa shape index (κ2) is 10.4. The Kier molecular flexibility index (Phi) is 7.35. The molecule has 4 rings (SSSR count). The number of ether oxygens (including phenoxy) is 1. The van der Waals surface area contributed by atoms with Crippen molar-refractivity contribution in [1.29, 1.82) is 5.26 Å². The summed E-state index contributed by atoms with van der Waals surface area (Å²) in [5, 5.41) is 10.1. The SMILES string of the molecule is CN(C)C(=O)c1ccc(-c2cnc(N3CCN(C(=O)C4CCCCO4)CC3)c(C#N)c2)cc1Cl. The molecule has 2 aromatic rings. The largest absolute Gasteiger partial charge is 0.368 e. The minimum Gasteiger partial charge on any atom is -0.368 e. The Balaban J connectivity index is 1.47. The lowest BCUT2D eigenvalue weighted by Gasteiger charge is -2.37. The first-order chi connectivity index (χ1) is 16.4. The first kappa shape index (κ1) is 24.0. The molecule has 0 bridgehead atoms. The highest BCUT2D eigenvalue weighted by Gasteiger charge is 2.30. The van der Waals surface area contributed by atoms with E-state index < -0.39 is 0 Å². The molecule has 1 aromatic carbocycles. The molecule has 2 saturated heterocycles. The Bertz CT molecular complexity index is 1120. The van der Waals surface area contributed by atoms with Crippen molar-refractivity contribution >= 4 is 29.2 Å². The maximum Gasteiger partial charge on any atom is 0.254 e. The number of amides is 2. The average molecular weight is 482 g/mol. The Hall–Kier alpha value is -3.15. The number of piperazine rings is 1. The fourth-order valence-electron chi connectivity index (χ4n) is 4.34. The zero-order valence-electron chi connectivity index (χ0n) is 19.5. The van der Waals surface area contributed by atoms with E-state index in [9.17, 15) is 14.9 Å². The summed E-state index contributed by atoms with van der Waals surface area (Å²) in [6.45, 7) is 3.01. The molecule has 8 nitrogen and oxygen atoms in total. The summed E-state index contributed by atoms with van der Waals surface area (Å²) in [5.74, 6) is 0.504. The fourth-order valence-corrected chi connectivity index (χ4v) is 4.60. The number of hydrogen-bond acceptors (Lipinski definition) is 6. The number of pyridine rings is 1. The van der Waals surface area contributed by atoms with E-state index in [0.717, 1.165) is 30.4 Å². The monoisotopic (exact) mass is 481 g/mol. The van der Waals surface area contributed by atoms with Gasteiger partial charge in [-0.05, 0) is 43.0 Å². The maximum absolute atomic E-state index is 12.7. The van der Waals surface area contributed by atoms with Crippen molar-refractivity contribution in [3.05, 3.63) is 46.6 Å². The molecule has 3 heterocycles. The van der Waals surface area contributed by atoms with Crippen LogP contribution in [0.15, 0.2) is 30.5 Å². The van der Waals surface area contributed by atoms with Gasteiger partial charge in [-0.1, -0.05) is 17.7 Å². The molecule has 2 aliphatic heterocycles. The highest BCUT2D eigenvalue weighted by atomic mass is 35.5. The Morgan fingerprint density at radius 2 is 1.91 bits per heavy atom. The lowest BCUT2D eigenvalue weighted by Crippen LogP contribution is -2.52. The molecule has 0 radical (unpaired) electrons. The summed E-state index contributed by atoms with van der Waals surface area (Å²) in [6.07, 6.45) is 4.22. The van der Waals surface area contributed by atoms with Crippen LogP contribution in [0.2, 0.25) is 5.02 Å². The van der Waals surface area contributed by atoms with E-state index >= 15 is 0 Å². The fraction of sp³-hybridized carbons (Fsp3) is 0.440. The van der Waals surface area contributed by atoms with E-state index in [4.69, 9.17) is 16.3 Å². The Morgan fingerprint density at radius 3 is 2.53 bits per heavy atom. The number of halogens is 1. The van der Waals surface area contributed by atoms with Crippen molar-refractivity contribution < 1.29 is 14.3 Å². The van der Waals surface area contributed by atoms with Crippen molar-refractivity contribution in [2.45, 2.75) is 25.4 Å². The van der Waals surface area contributed by atoms with Crippen molar-refractivity contribution in [3.63, 3.8) is 0 Å². The number of carbonyl (C=O) groups excluding carboxylic acids is 2. The highest BCUT2D eigenvalue weighted by molar-refractivity contribution is 6.34. The van der Waals surface area contributed by atoms with Gasteiger partial charge in [-0.3, -0.25) is 9.59 Å². The normalized spacial score (nSPS) is 18.4. The van der Waals surface area contributed by atoms with Crippen LogP contribution in [0.5, 0.6) is 0 Å². The molecule has 9 heteroatoms. The third-order valence-corrected chi connectivity index (χ3v) is 6.58. The van der Waals surface area contributed by atoms with Crippen LogP contribution in [0.25, 0.3) is 11.1 Å². The first-order valence-electron chi connectivity index (χ1n) is 11.5. The molecule has 2 aliphatic rings. The smallest absolute Gasteiger partial charge is 0.254 e. The van der Waals surface area contributed by atoms with Crippen molar-refractivity contribution in [1.82, 2.24) is 14.8 Å². The van der Waals surface area contributed by atoms with Crippen LogP contribution in [0, 0.1) is 11.3 Å². The summed E-state index contributed by atoms with van der Waals surface area (Å²) in [7, 11) is 3.35. The first-order valence-corrected chi connectivity index (χ1v) is 11.8. The quantitative estimate of drug-likeness (QED) is 0.666. The van der Waals surface area contributed by atoms with E-state index in [1.807, 2.05) is 9.80 Å². The van der Waals surface area contributed by atoms with E-state index in [2.05, 4.69) is 11.1 Å². The van der Waals surface area contributed by atoms with Gasteiger partial charge in [0.2, 0.25) is 0 Å². The Morgan fingerprint density at radius 1 is 1.15 bits per heavy atom. The number of nitrogens with zero attached hydrogens (tertiary/aromatic N) is 5. The zero-order chi connectivity index (χ0) is 24.2. The molecule has 1 aromatic heterocycles. The van der Waals surface area contributed by atoms with E-state index in [0.29, 0.717) is 54.8 Å². The van der Waals surface area contributed by atoms with Crippen LogP contribution in [0.1, 0.15) is 35.2 Å². The number of anilines is 1. The molecule has 1 unspecified atom stereocenters. The molecule has 1 atom stereocenters. The minimum atomic E-state index is -0.321. The lowest BCUT2D eigenvalue weighted by atomic mass is 10.0. The molecule has 0 N–H and O–H groups in total. The third kappa shape index (κ3) is 5.01. The average Bonchev–Trinajstić information content (AvgIpc) is 2.88. The maximum atomic E-state index is 12.7. The predicted octanol–water partition coefficient (Wildman–Crippen LogP) is 3.19. The van der Waals surface area contributed by atoms with Crippen LogP contribution >= 0.6 is 11.6 Å². The van der Waals surface area contributed by atoms with Gasteiger partial charge in [0.1, 0.15) is 18.0 Å². The summed E-state index contributed by atoms with van der Waals surface area (Å²) in [6, 6.07) is 9.24. The number of hydrogen-bond donors (Lipinski definition) is 0. The van der Waals surface area contributed by atoms with Gasteiger partial charge < -0.3 is 19.4 Å². The van der Waals surface area contributed by atoms with Gasteiger partial charge in [-0.15, -0.1) is 0 Å². The molecule has 0 saturated carbocycles. The van der Waals surface area contributed by atoms with Crippen molar-refractivity contribution in [3.8, 4) is 17.2 Å². The number of nitriles is 1. The topological polar surface area (TPSA) is 89.8 Å². The highest BCUT2D eigenvalue weighted by Crippen LogP contribution is 2.29. The van der Waals surface area contributed by atoms with Crippen LogP contribution in [0.3, 0.4) is 0 Å². The van der Waals surface area contributed by atoms with Gasteiger partial charge in [0.25, 0.3) is 11.8 Å². The molecule has 34 heavy (non-hydrogen) atoms. The zero-order valence-corrected chi connectivity index (χ0v) is 20.2. The number of carbonyl (C=O) groups is 2. The third-order valence-electron chi connectivity index (χ3n) is 6.27. The second-order valence-electron chi connectivity index (χ2n) is 8.77. The van der Waals surface area contributed by atoms with Crippen LogP contribution in [-0.2, 0) is 9.53 Å². The minimum absolute atomic E-state index is 0.0660. The molecular formula is C25H28ClN5O3. The number of benzene rings is 1. The molecule has 2 amide bonds.